The molecule has 3 N–H and O–H groups in total. The minimum absolute atomic E-state index is 0.0425. The second-order valence-corrected chi connectivity index (χ2v) is 9.61. The van der Waals surface area contributed by atoms with Crippen molar-refractivity contribution in [3.8, 4) is 17.2 Å². The standard InChI is InChI=1S/C25H27F4N5O4/c1-12(30)20-19(21(35)31-13-9-10-34(11-13)23(36)24(2,3)26)33-22(38-20)15-5-7-16(37-4)18-14(15)6-8-17(32-18)25(27,28)29/h5-8,12-13H,9-11,30H2,1-4H3,(H,31,35)/t12-,13-/m0/s1. The highest BCUT2D eigenvalue weighted by atomic mass is 19.4. The van der Waals surface area contributed by atoms with E-state index in [1.807, 2.05) is 0 Å². The van der Waals surface area contributed by atoms with Gasteiger partial charge in [0.1, 0.15) is 17.0 Å². The van der Waals surface area contributed by atoms with Crippen molar-refractivity contribution in [1.29, 1.82) is 0 Å². The monoisotopic (exact) mass is 537 g/mol. The summed E-state index contributed by atoms with van der Waals surface area (Å²) < 4.78 is 64.9. The van der Waals surface area contributed by atoms with Gasteiger partial charge in [-0.15, -0.1) is 0 Å². The van der Waals surface area contributed by atoms with Gasteiger partial charge in [-0.3, -0.25) is 9.59 Å². The molecule has 3 aromatic rings. The molecule has 0 saturated carbocycles. The predicted molar refractivity (Wildman–Crippen MR) is 129 cm³/mol. The quantitative estimate of drug-likeness (QED) is 0.456. The molecule has 1 aliphatic rings. The first-order valence-corrected chi connectivity index (χ1v) is 11.8. The van der Waals surface area contributed by atoms with E-state index in [0.717, 1.165) is 6.07 Å². The molecule has 0 radical (unpaired) electrons. The van der Waals surface area contributed by atoms with Crippen molar-refractivity contribution in [1.82, 2.24) is 20.2 Å². The van der Waals surface area contributed by atoms with Crippen molar-refractivity contribution in [3.05, 3.63) is 41.4 Å². The van der Waals surface area contributed by atoms with Crippen molar-refractivity contribution in [2.45, 2.75) is 51.1 Å². The number of aromatic nitrogens is 2. The van der Waals surface area contributed by atoms with E-state index in [1.165, 1.54) is 44.1 Å². The number of pyridine rings is 1. The van der Waals surface area contributed by atoms with Gasteiger partial charge >= 0.3 is 6.18 Å². The fraction of sp³-hybridized carbons (Fsp3) is 0.440. The van der Waals surface area contributed by atoms with Gasteiger partial charge in [0.05, 0.1) is 13.2 Å². The topological polar surface area (TPSA) is 124 Å². The molecular formula is C25H27F4N5O4. The van der Waals surface area contributed by atoms with Gasteiger partial charge in [-0.1, -0.05) is 0 Å². The average molecular weight is 538 g/mol. The smallest absolute Gasteiger partial charge is 0.433 e. The Morgan fingerprint density at radius 2 is 1.89 bits per heavy atom. The van der Waals surface area contributed by atoms with Gasteiger partial charge in [-0.05, 0) is 51.5 Å². The van der Waals surface area contributed by atoms with Crippen LogP contribution in [0.5, 0.6) is 5.75 Å². The second kappa shape index (κ2) is 9.86. The maximum atomic E-state index is 14.1. The Bertz CT molecular complexity index is 1380. The number of hydrogen-bond donors (Lipinski definition) is 2. The number of amides is 2. The van der Waals surface area contributed by atoms with E-state index < -0.39 is 41.4 Å². The van der Waals surface area contributed by atoms with Crippen LogP contribution in [0.25, 0.3) is 22.4 Å². The molecule has 1 aromatic carbocycles. The van der Waals surface area contributed by atoms with Crippen LogP contribution in [-0.4, -0.2) is 58.6 Å². The predicted octanol–water partition coefficient (Wildman–Crippen LogP) is 4.02. The van der Waals surface area contributed by atoms with Gasteiger partial charge in [0.25, 0.3) is 11.8 Å². The third kappa shape index (κ3) is 5.28. The zero-order valence-corrected chi connectivity index (χ0v) is 21.1. The van der Waals surface area contributed by atoms with Crippen molar-refractivity contribution in [3.63, 3.8) is 0 Å². The number of benzene rings is 1. The number of carbonyl (C=O) groups is 2. The summed E-state index contributed by atoms with van der Waals surface area (Å²) in [7, 11) is 1.31. The fourth-order valence-electron chi connectivity index (χ4n) is 4.31. The lowest BCUT2D eigenvalue weighted by molar-refractivity contribution is -0.141. The SMILES string of the molecule is COc1ccc(-c2nc(C(=O)N[C@H]3CCN(C(=O)C(C)(C)F)C3)c([C@H](C)N)o2)c2ccc(C(F)(F)F)nc12. The van der Waals surface area contributed by atoms with Crippen LogP contribution in [-0.2, 0) is 11.0 Å². The molecule has 0 unspecified atom stereocenters. The Kier molecular flexibility index (Phi) is 7.08. The molecule has 0 bridgehead atoms. The maximum Gasteiger partial charge on any atom is 0.433 e. The van der Waals surface area contributed by atoms with Crippen LogP contribution < -0.4 is 15.8 Å². The molecule has 2 amide bonds. The number of nitrogens with two attached hydrogens (primary N) is 1. The highest BCUT2D eigenvalue weighted by Crippen LogP contribution is 2.37. The van der Waals surface area contributed by atoms with E-state index >= 15 is 0 Å². The van der Waals surface area contributed by atoms with E-state index in [1.54, 1.807) is 6.92 Å². The molecule has 13 heteroatoms. The summed E-state index contributed by atoms with van der Waals surface area (Å²) >= 11 is 0. The molecule has 1 saturated heterocycles. The molecule has 204 valence electrons. The number of methoxy groups -OCH3 is 1. The van der Waals surface area contributed by atoms with Gasteiger partial charge in [-0.25, -0.2) is 14.4 Å². The zero-order valence-electron chi connectivity index (χ0n) is 21.1. The van der Waals surface area contributed by atoms with Gasteiger partial charge < -0.3 is 25.1 Å². The largest absolute Gasteiger partial charge is 0.494 e. The first-order chi connectivity index (χ1) is 17.7. The number of hydrogen-bond acceptors (Lipinski definition) is 7. The minimum atomic E-state index is -4.66. The number of nitrogens with one attached hydrogen (secondary N) is 1. The summed E-state index contributed by atoms with van der Waals surface area (Å²) in [6.07, 6.45) is -4.24. The Balaban J connectivity index is 1.67. The Labute approximate surface area is 215 Å². The molecule has 38 heavy (non-hydrogen) atoms. The van der Waals surface area contributed by atoms with E-state index in [-0.39, 0.29) is 52.7 Å². The maximum absolute atomic E-state index is 14.1. The van der Waals surface area contributed by atoms with Crippen molar-refractivity contribution in [2.24, 2.45) is 5.73 Å². The summed E-state index contributed by atoms with van der Waals surface area (Å²) in [6.45, 7) is 4.35. The highest BCUT2D eigenvalue weighted by molar-refractivity contribution is 5.98. The van der Waals surface area contributed by atoms with Crippen LogP contribution in [0, 0.1) is 0 Å². The average Bonchev–Trinajstić information content (AvgIpc) is 3.49. The lowest BCUT2D eigenvalue weighted by Crippen LogP contribution is -2.44. The summed E-state index contributed by atoms with van der Waals surface area (Å²) in [6, 6.07) is 3.84. The molecule has 1 fully saturated rings. The van der Waals surface area contributed by atoms with Crippen LogP contribution >= 0.6 is 0 Å². The first kappa shape index (κ1) is 27.3. The van der Waals surface area contributed by atoms with Gasteiger partial charge in [-0.2, -0.15) is 13.2 Å². The molecule has 2 aromatic heterocycles. The third-order valence-electron chi connectivity index (χ3n) is 6.16. The van der Waals surface area contributed by atoms with Crippen LogP contribution in [0.2, 0.25) is 0 Å². The lowest BCUT2D eigenvalue weighted by Gasteiger charge is -2.22. The number of carbonyl (C=O) groups excluding carboxylic acids is 2. The second-order valence-electron chi connectivity index (χ2n) is 9.61. The van der Waals surface area contributed by atoms with Crippen LogP contribution in [0.3, 0.4) is 0 Å². The van der Waals surface area contributed by atoms with E-state index in [2.05, 4.69) is 15.3 Å². The molecule has 3 heterocycles. The first-order valence-electron chi connectivity index (χ1n) is 11.8. The summed E-state index contributed by atoms with van der Waals surface area (Å²) in [5.74, 6) is -1.14. The normalized spacial score (nSPS) is 17.1. The Morgan fingerprint density at radius 3 is 2.50 bits per heavy atom. The number of ether oxygens (including phenoxy) is 1. The number of fused-ring (bicyclic) bond motifs is 1. The van der Waals surface area contributed by atoms with E-state index in [0.29, 0.717) is 6.42 Å². The number of nitrogens with zero attached hydrogens (tertiary/aromatic N) is 3. The van der Waals surface area contributed by atoms with Crippen LogP contribution in [0.1, 0.15) is 55.2 Å². The third-order valence-corrected chi connectivity index (χ3v) is 6.16. The van der Waals surface area contributed by atoms with Gasteiger partial charge in [0.15, 0.2) is 17.1 Å². The fourth-order valence-corrected chi connectivity index (χ4v) is 4.31. The molecule has 1 aliphatic heterocycles. The van der Waals surface area contributed by atoms with E-state index in [9.17, 15) is 27.2 Å². The Hall–Kier alpha value is -3.74. The summed E-state index contributed by atoms with van der Waals surface area (Å²) in [4.78, 5) is 34.8. The van der Waals surface area contributed by atoms with Gasteiger partial charge in [0, 0.05) is 30.1 Å². The number of likely N-dealkylation sites (tertiary alicyclic amines) is 1. The number of oxazole rings is 1. The molecule has 9 nitrogen and oxygen atoms in total. The highest BCUT2D eigenvalue weighted by Gasteiger charge is 2.37. The van der Waals surface area contributed by atoms with Crippen LogP contribution in [0.4, 0.5) is 17.6 Å². The number of halogens is 4. The van der Waals surface area contributed by atoms with Crippen molar-refractivity contribution >= 4 is 22.7 Å². The Morgan fingerprint density at radius 1 is 1.18 bits per heavy atom. The molecule has 0 spiro atoms. The number of rotatable bonds is 6. The molecular weight excluding hydrogens is 510 g/mol. The lowest BCUT2D eigenvalue weighted by atomic mass is 10.1. The molecule has 4 rings (SSSR count). The van der Waals surface area contributed by atoms with Crippen LogP contribution in [0.15, 0.2) is 28.7 Å². The molecule has 0 aliphatic carbocycles. The molecule has 2 atom stereocenters. The van der Waals surface area contributed by atoms with E-state index in [4.69, 9.17) is 14.9 Å². The summed E-state index contributed by atoms with van der Waals surface area (Å²) in [5.41, 5.74) is 3.02. The van der Waals surface area contributed by atoms with Crippen molar-refractivity contribution < 1.29 is 36.3 Å². The zero-order chi connectivity index (χ0) is 28.0. The van der Waals surface area contributed by atoms with Gasteiger partial charge in [0.2, 0.25) is 5.89 Å². The van der Waals surface area contributed by atoms with Crippen molar-refractivity contribution in [2.75, 3.05) is 20.2 Å². The minimum Gasteiger partial charge on any atom is -0.494 e. The summed E-state index contributed by atoms with van der Waals surface area (Å²) in [5, 5.41) is 3.04. The number of alkyl halides is 4.